The van der Waals surface area contributed by atoms with E-state index >= 15 is 0 Å². The number of rotatable bonds is 2. The summed E-state index contributed by atoms with van der Waals surface area (Å²) in [5.74, 6) is -3.41. The van der Waals surface area contributed by atoms with Crippen LogP contribution in [0.5, 0.6) is 0 Å². The number of carboxylic acid groups (broad SMARTS) is 1. The fourth-order valence-electron chi connectivity index (χ4n) is 5.07. The van der Waals surface area contributed by atoms with E-state index in [2.05, 4.69) is 6.58 Å². The zero-order chi connectivity index (χ0) is 21.0. The van der Waals surface area contributed by atoms with Crippen molar-refractivity contribution in [1.29, 1.82) is 0 Å². The number of carbonyl (C=O) groups is 2. The number of epoxide rings is 1. The van der Waals surface area contributed by atoms with Gasteiger partial charge in [0.2, 0.25) is 0 Å². The minimum atomic E-state index is -2.85. The first-order valence-corrected chi connectivity index (χ1v) is 10.2. The number of amides is 1. The Bertz CT molecular complexity index is 766. The first kappa shape index (κ1) is 20.3. The number of halogens is 2. The Morgan fingerprint density at radius 2 is 2.17 bits per heavy atom. The van der Waals surface area contributed by atoms with Gasteiger partial charge < -0.3 is 19.5 Å². The summed E-state index contributed by atoms with van der Waals surface area (Å²) >= 11 is 0. The normalized spacial score (nSPS) is 40.9. The third-order valence-corrected chi connectivity index (χ3v) is 6.88. The Morgan fingerprint density at radius 1 is 1.41 bits per heavy atom. The number of fused-ring (bicyclic) bond motifs is 3. The summed E-state index contributed by atoms with van der Waals surface area (Å²) in [6, 6.07) is -0.744. The highest BCUT2D eigenvalue weighted by atomic mass is 19.3. The summed E-state index contributed by atoms with van der Waals surface area (Å²) in [4.78, 5) is 24.7. The molecule has 0 saturated carbocycles. The van der Waals surface area contributed by atoms with Crippen LogP contribution < -0.4 is 0 Å². The molecule has 3 aliphatic heterocycles. The van der Waals surface area contributed by atoms with Gasteiger partial charge in [0.25, 0.3) is 5.92 Å². The second kappa shape index (κ2) is 7.07. The highest BCUT2D eigenvalue weighted by molar-refractivity contribution is 5.91. The molecule has 4 rings (SSSR count). The molecule has 0 aromatic rings. The lowest BCUT2D eigenvalue weighted by Gasteiger charge is -2.38. The van der Waals surface area contributed by atoms with Gasteiger partial charge >= 0.3 is 12.1 Å². The second-order valence-electron chi connectivity index (χ2n) is 8.94. The van der Waals surface area contributed by atoms with Gasteiger partial charge in [-0.25, -0.2) is 18.4 Å². The van der Waals surface area contributed by atoms with Crippen LogP contribution >= 0.6 is 0 Å². The Balaban J connectivity index is 1.52. The number of esters is 1. The summed E-state index contributed by atoms with van der Waals surface area (Å²) in [7, 11) is 0. The van der Waals surface area contributed by atoms with Crippen molar-refractivity contribution in [2.75, 3.05) is 6.54 Å². The fourth-order valence-corrected chi connectivity index (χ4v) is 5.07. The largest absolute Gasteiger partial charge is 0.465 e. The fraction of sp³-hybridized carbons (Fsp3) is 0.714. The summed E-state index contributed by atoms with van der Waals surface area (Å²) in [6.45, 7) is 5.72. The quantitative estimate of drug-likeness (QED) is 0.323. The van der Waals surface area contributed by atoms with Gasteiger partial charge in [0, 0.05) is 36.9 Å². The van der Waals surface area contributed by atoms with Crippen molar-refractivity contribution < 1.29 is 33.0 Å². The molecule has 0 bridgehead atoms. The Kier molecular flexibility index (Phi) is 4.96. The smallest absolute Gasteiger partial charge is 0.407 e. The van der Waals surface area contributed by atoms with Gasteiger partial charge in [0.05, 0.1) is 5.60 Å². The van der Waals surface area contributed by atoms with Gasteiger partial charge in [-0.15, -0.1) is 0 Å². The van der Waals surface area contributed by atoms with Crippen molar-refractivity contribution in [2.24, 2.45) is 5.92 Å². The highest BCUT2D eigenvalue weighted by Gasteiger charge is 2.61. The molecule has 8 heteroatoms. The molecule has 0 spiro atoms. The predicted molar refractivity (Wildman–Crippen MR) is 99.7 cm³/mol. The standard InChI is InChI=1S/C21H27F2NO5/c1-12-15-6-5-13(10-14-11-21(22,23)8-9-24(14)19(26)27)4-3-7-20(2)17(29-20)16(15)28-18(12)25/h4,14-17H,1,3,5-11H2,2H3,(H,26,27)/b13-4+/t14?,15-,16-,17-,20+/m0/s1. The van der Waals surface area contributed by atoms with E-state index in [-0.39, 0.29) is 36.7 Å². The summed E-state index contributed by atoms with van der Waals surface area (Å²) in [6.07, 6.45) is 2.43. The first-order chi connectivity index (χ1) is 13.6. The molecule has 3 saturated heterocycles. The van der Waals surface area contributed by atoms with Crippen molar-refractivity contribution >= 4 is 12.1 Å². The number of alkyl halides is 2. The molecule has 1 amide bonds. The van der Waals surface area contributed by atoms with Gasteiger partial charge in [-0.2, -0.15) is 0 Å². The molecule has 0 radical (unpaired) electrons. The SMILES string of the molecule is C=C1C(=O)O[C@H]2[C@H]1CC/C(CC1CC(F)(F)CCN1C(=O)O)=C\CC[C@@]1(C)O[C@@H]21. The molecule has 1 unspecified atom stereocenters. The highest BCUT2D eigenvalue weighted by Crippen LogP contribution is 2.50. The topological polar surface area (TPSA) is 79.4 Å². The minimum absolute atomic E-state index is 0.134. The number of piperidine rings is 1. The second-order valence-corrected chi connectivity index (χ2v) is 8.94. The molecule has 3 heterocycles. The number of hydrogen-bond acceptors (Lipinski definition) is 4. The first-order valence-electron chi connectivity index (χ1n) is 10.2. The van der Waals surface area contributed by atoms with Crippen LogP contribution in [0.1, 0.15) is 51.9 Å². The zero-order valence-electron chi connectivity index (χ0n) is 16.5. The van der Waals surface area contributed by atoms with E-state index in [1.807, 2.05) is 13.0 Å². The predicted octanol–water partition coefficient (Wildman–Crippen LogP) is 3.91. The van der Waals surface area contributed by atoms with Crippen LogP contribution in [0.25, 0.3) is 0 Å². The van der Waals surface area contributed by atoms with Crippen LogP contribution in [-0.4, -0.2) is 58.4 Å². The molecule has 6 nitrogen and oxygen atoms in total. The monoisotopic (exact) mass is 411 g/mol. The molecule has 160 valence electrons. The average molecular weight is 411 g/mol. The van der Waals surface area contributed by atoms with Gasteiger partial charge in [-0.1, -0.05) is 18.2 Å². The maximum atomic E-state index is 14.0. The Labute approximate surface area is 168 Å². The summed E-state index contributed by atoms with van der Waals surface area (Å²) in [5, 5.41) is 9.43. The molecular formula is C21H27F2NO5. The van der Waals surface area contributed by atoms with Crippen LogP contribution in [0.3, 0.4) is 0 Å². The van der Waals surface area contributed by atoms with Gasteiger partial charge in [0.1, 0.15) is 12.2 Å². The Morgan fingerprint density at radius 3 is 2.90 bits per heavy atom. The number of hydrogen-bond donors (Lipinski definition) is 1. The molecule has 1 N–H and O–H groups in total. The van der Waals surface area contributed by atoms with Crippen LogP contribution in [0.4, 0.5) is 13.6 Å². The van der Waals surface area contributed by atoms with Gasteiger partial charge in [-0.05, 0) is 39.0 Å². The number of allylic oxidation sites excluding steroid dienone is 1. The maximum absolute atomic E-state index is 14.0. The van der Waals surface area contributed by atoms with Gasteiger partial charge in [0.15, 0.2) is 0 Å². The van der Waals surface area contributed by atoms with Gasteiger partial charge in [-0.3, -0.25) is 0 Å². The molecule has 5 atom stereocenters. The van der Waals surface area contributed by atoms with E-state index in [0.29, 0.717) is 24.8 Å². The number of likely N-dealkylation sites (tertiary alicyclic amines) is 1. The van der Waals surface area contributed by atoms with Crippen molar-refractivity contribution in [3.05, 3.63) is 23.8 Å². The van der Waals surface area contributed by atoms with E-state index in [1.165, 1.54) is 0 Å². The van der Waals surface area contributed by atoms with E-state index in [4.69, 9.17) is 9.47 Å². The van der Waals surface area contributed by atoms with Crippen molar-refractivity contribution in [2.45, 2.75) is 81.6 Å². The summed E-state index contributed by atoms with van der Waals surface area (Å²) < 4.78 is 39.3. The van der Waals surface area contributed by atoms with Crippen LogP contribution in [0.15, 0.2) is 23.8 Å². The van der Waals surface area contributed by atoms with Crippen molar-refractivity contribution in [3.63, 3.8) is 0 Å². The van der Waals surface area contributed by atoms with E-state index in [1.54, 1.807) is 0 Å². The number of ether oxygens (including phenoxy) is 2. The van der Waals surface area contributed by atoms with Crippen LogP contribution in [0, 0.1) is 5.92 Å². The number of carbonyl (C=O) groups excluding carboxylic acids is 1. The van der Waals surface area contributed by atoms with E-state index < -0.39 is 36.9 Å². The lowest BCUT2D eigenvalue weighted by molar-refractivity contribution is -0.140. The molecule has 0 aromatic heterocycles. The van der Waals surface area contributed by atoms with Crippen LogP contribution in [0.2, 0.25) is 0 Å². The third kappa shape index (κ3) is 3.91. The molecule has 1 aliphatic carbocycles. The van der Waals surface area contributed by atoms with Crippen LogP contribution in [-0.2, 0) is 14.3 Å². The molecule has 29 heavy (non-hydrogen) atoms. The van der Waals surface area contributed by atoms with Crippen molar-refractivity contribution in [3.8, 4) is 0 Å². The lowest BCUT2D eigenvalue weighted by atomic mass is 9.82. The minimum Gasteiger partial charge on any atom is -0.465 e. The van der Waals surface area contributed by atoms with E-state index in [0.717, 1.165) is 16.9 Å². The van der Waals surface area contributed by atoms with Crippen molar-refractivity contribution in [1.82, 2.24) is 4.90 Å². The summed E-state index contributed by atoms with van der Waals surface area (Å²) in [5.41, 5.74) is 1.02. The molecule has 4 aliphatic rings. The third-order valence-electron chi connectivity index (χ3n) is 6.88. The maximum Gasteiger partial charge on any atom is 0.407 e. The molecule has 0 aromatic carbocycles. The molecule has 3 fully saturated rings. The average Bonchev–Trinajstić information content (AvgIpc) is 3.21. The number of nitrogens with zero attached hydrogens (tertiary/aromatic N) is 1. The zero-order valence-corrected chi connectivity index (χ0v) is 16.5. The lowest BCUT2D eigenvalue weighted by Crippen LogP contribution is -2.49. The molecular weight excluding hydrogens is 384 g/mol. The Hall–Kier alpha value is -1.96. The van der Waals surface area contributed by atoms with E-state index in [9.17, 15) is 23.5 Å².